The van der Waals surface area contributed by atoms with Crippen LogP contribution in [0.1, 0.15) is 56.2 Å². The van der Waals surface area contributed by atoms with E-state index >= 15 is 0 Å². The molecule has 0 fully saturated rings. The Morgan fingerprint density at radius 1 is 0.871 bits per heavy atom. The number of hydrogen-bond acceptors (Lipinski definition) is 3. The Kier molecular flexibility index (Phi) is 4.47. The van der Waals surface area contributed by atoms with Crippen molar-refractivity contribution >= 4 is 27.5 Å². The van der Waals surface area contributed by atoms with Crippen LogP contribution in [0.2, 0.25) is 0 Å². The van der Waals surface area contributed by atoms with Crippen molar-refractivity contribution in [1.82, 2.24) is 14.4 Å². The molecule has 0 amide bonds. The fourth-order valence-electron chi connectivity index (χ4n) is 4.78. The maximum Gasteiger partial charge on any atom is 0.147 e. The zero-order valence-electron chi connectivity index (χ0n) is 18.6. The molecule has 0 saturated carbocycles. The standard InChI is InChI=1S/C27H27N3O/c1-15(2)19-9-7-10-20(16(3)4)25(19)23-14-29-27-21-12-18(31)13-28-26(21)24-17(5)8-6-11-22(24)30(23)27/h6-16,31H,1-5H3. The molecule has 31 heavy (non-hydrogen) atoms. The lowest BCUT2D eigenvalue weighted by Gasteiger charge is -2.20. The van der Waals surface area contributed by atoms with Crippen LogP contribution in [0.4, 0.5) is 0 Å². The van der Waals surface area contributed by atoms with Gasteiger partial charge in [0.05, 0.1) is 29.1 Å². The van der Waals surface area contributed by atoms with Gasteiger partial charge in [0.2, 0.25) is 0 Å². The second-order valence-electron chi connectivity index (χ2n) is 8.98. The second kappa shape index (κ2) is 7.09. The van der Waals surface area contributed by atoms with Gasteiger partial charge in [0.25, 0.3) is 0 Å². The molecule has 2 aromatic carbocycles. The van der Waals surface area contributed by atoms with Gasteiger partial charge in [0, 0.05) is 16.3 Å². The van der Waals surface area contributed by atoms with E-state index in [4.69, 9.17) is 4.98 Å². The molecule has 4 heteroatoms. The Morgan fingerprint density at radius 2 is 1.55 bits per heavy atom. The van der Waals surface area contributed by atoms with Crippen molar-refractivity contribution in [3.8, 4) is 17.0 Å². The first-order valence-corrected chi connectivity index (χ1v) is 10.9. The van der Waals surface area contributed by atoms with Gasteiger partial charge < -0.3 is 5.11 Å². The quantitative estimate of drug-likeness (QED) is 0.328. The second-order valence-corrected chi connectivity index (χ2v) is 8.98. The van der Waals surface area contributed by atoms with Crippen molar-refractivity contribution in [2.45, 2.75) is 46.5 Å². The molecular weight excluding hydrogens is 382 g/mol. The number of nitrogens with zero attached hydrogens (tertiary/aromatic N) is 3. The Morgan fingerprint density at radius 3 is 2.23 bits per heavy atom. The molecule has 3 aromatic heterocycles. The van der Waals surface area contributed by atoms with Crippen LogP contribution in [0.15, 0.2) is 54.9 Å². The van der Waals surface area contributed by atoms with E-state index < -0.39 is 0 Å². The monoisotopic (exact) mass is 409 g/mol. The molecule has 0 bridgehead atoms. The molecule has 0 atom stereocenters. The van der Waals surface area contributed by atoms with Crippen molar-refractivity contribution in [2.75, 3.05) is 0 Å². The van der Waals surface area contributed by atoms with E-state index in [0.717, 1.165) is 38.7 Å². The molecule has 0 radical (unpaired) electrons. The van der Waals surface area contributed by atoms with Gasteiger partial charge in [-0.2, -0.15) is 0 Å². The summed E-state index contributed by atoms with van der Waals surface area (Å²) >= 11 is 0. The van der Waals surface area contributed by atoms with Crippen molar-refractivity contribution < 1.29 is 5.11 Å². The molecule has 0 aliphatic carbocycles. The first kappa shape index (κ1) is 19.6. The highest BCUT2D eigenvalue weighted by atomic mass is 16.3. The van der Waals surface area contributed by atoms with Crippen molar-refractivity contribution in [3.63, 3.8) is 0 Å². The predicted octanol–water partition coefficient (Wildman–Crippen LogP) is 6.96. The van der Waals surface area contributed by atoms with Gasteiger partial charge in [-0.15, -0.1) is 0 Å². The van der Waals surface area contributed by atoms with Crippen LogP contribution < -0.4 is 0 Å². The third-order valence-electron chi connectivity index (χ3n) is 6.23. The normalized spacial score (nSPS) is 12.1. The predicted molar refractivity (Wildman–Crippen MR) is 128 cm³/mol. The summed E-state index contributed by atoms with van der Waals surface area (Å²) in [4.78, 5) is 9.45. The number of rotatable bonds is 3. The Balaban J connectivity index is 2.03. The molecule has 0 saturated heterocycles. The minimum absolute atomic E-state index is 0.150. The van der Waals surface area contributed by atoms with E-state index in [1.807, 2.05) is 6.20 Å². The maximum absolute atomic E-state index is 10.2. The first-order valence-electron chi connectivity index (χ1n) is 10.9. The Hall–Kier alpha value is -3.40. The van der Waals surface area contributed by atoms with Gasteiger partial charge in [-0.3, -0.25) is 9.38 Å². The SMILES string of the molecule is Cc1cccc2c1c1ncc(O)cc1c1ncc(-c3c(C(C)C)cccc3C(C)C)n21. The summed E-state index contributed by atoms with van der Waals surface area (Å²) in [5.74, 6) is 0.925. The van der Waals surface area contributed by atoms with Gasteiger partial charge in [-0.1, -0.05) is 58.0 Å². The fourth-order valence-corrected chi connectivity index (χ4v) is 4.78. The minimum Gasteiger partial charge on any atom is -0.506 e. The Labute approximate surface area is 182 Å². The summed E-state index contributed by atoms with van der Waals surface area (Å²) in [6, 6.07) is 14.7. The summed E-state index contributed by atoms with van der Waals surface area (Å²) in [6.07, 6.45) is 3.49. The molecule has 1 N–H and O–H groups in total. The van der Waals surface area contributed by atoms with Gasteiger partial charge in [0.1, 0.15) is 11.4 Å². The number of benzene rings is 2. The summed E-state index contributed by atoms with van der Waals surface area (Å²) in [5.41, 5.74) is 8.92. The first-order chi connectivity index (χ1) is 14.9. The highest BCUT2D eigenvalue weighted by molar-refractivity contribution is 6.12. The average Bonchev–Trinajstić information content (AvgIpc) is 3.18. The highest BCUT2D eigenvalue weighted by Crippen LogP contribution is 2.40. The molecular formula is C27H27N3O. The highest BCUT2D eigenvalue weighted by Gasteiger charge is 2.22. The average molecular weight is 410 g/mol. The van der Waals surface area contributed by atoms with Gasteiger partial charge in [0.15, 0.2) is 0 Å². The van der Waals surface area contributed by atoms with E-state index in [2.05, 4.69) is 80.4 Å². The lowest BCUT2D eigenvalue weighted by molar-refractivity contribution is 0.474. The van der Waals surface area contributed by atoms with Crippen LogP contribution in [0.3, 0.4) is 0 Å². The minimum atomic E-state index is 0.150. The zero-order valence-corrected chi connectivity index (χ0v) is 18.6. The summed E-state index contributed by atoms with van der Waals surface area (Å²) in [6.45, 7) is 11.1. The fraction of sp³-hybridized carbons (Fsp3) is 0.259. The van der Waals surface area contributed by atoms with Crippen molar-refractivity contribution in [2.24, 2.45) is 0 Å². The third-order valence-corrected chi connectivity index (χ3v) is 6.23. The number of aryl methyl sites for hydroxylation is 1. The number of pyridine rings is 2. The molecule has 0 aliphatic heterocycles. The van der Waals surface area contributed by atoms with E-state index in [1.54, 1.807) is 6.07 Å². The smallest absolute Gasteiger partial charge is 0.147 e. The van der Waals surface area contributed by atoms with Crippen molar-refractivity contribution in [3.05, 3.63) is 71.5 Å². The number of imidazole rings is 1. The molecule has 3 heterocycles. The third kappa shape index (κ3) is 2.89. The van der Waals surface area contributed by atoms with Crippen LogP contribution in [0.5, 0.6) is 5.75 Å². The van der Waals surface area contributed by atoms with Gasteiger partial charge in [-0.25, -0.2) is 4.98 Å². The molecule has 0 aliphatic rings. The molecule has 5 rings (SSSR count). The summed E-state index contributed by atoms with van der Waals surface area (Å²) in [5, 5.41) is 12.1. The number of hydrogen-bond donors (Lipinski definition) is 1. The molecule has 156 valence electrons. The lowest BCUT2D eigenvalue weighted by Crippen LogP contribution is -2.03. The van der Waals surface area contributed by atoms with Crippen LogP contribution in [-0.2, 0) is 0 Å². The Bertz CT molecular complexity index is 1430. The van der Waals surface area contributed by atoms with Crippen LogP contribution >= 0.6 is 0 Å². The molecule has 4 nitrogen and oxygen atoms in total. The van der Waals surface area contributed by atoms with E-state index in [1.165, 1.54) is 22.9 Å². The molecule has 0 unspecified atom stereocenters. The van der Waals surface area contributed by atoms with Crippen LogP contribution in [0.25, 0.3) is 38.7 Å². The maximum atomic E-state index is 10.2. The van der Waals surface area contributed by atoms with E-state index in [9.17, 15) is 5.11 Å². The van der Waals surface area contributed by atoms with Gasteiger partial charge >= 0.3 is 0 Å². The van der Waals surface area contributed by atoms with Gasteiger partial charge in [-0.05, 0) is 47.6 Å². The van der Waals surface area contributed by atoms with Crippen LogP contribution in [0, 0.1) is 6.92 Å². The number of aromatic nitrogens is 3. The van der Waals surface area contributed by atoms with Crippen molar-refractivity contribution in [1.29, 1.82) is 0 Å². The summed E-state index contributed by atoms with van der Waals surface area (Å²) < 4.78 is 2.25. The van der Waals surface area contributed by atoms with E-state index in [0.29, 0.717) is 11.8 Å². The summed E-state index contributed by atoms with van der Waals surface area (Å²) in [7, 11) is 0. The van der Waals surface area contributed by atoms with E-state index in [-0.39, 0.29) is 5.75 Å². The molecule has 5 aromatic rings. The number of fused-ring (bicyclic) bond motifs is 6. The number of aromatic hydroxyl groups is 1. The topological polar surface area (TPSA) is 50.4 Å². The lowest BCUT2D eigenvalue weighted by atomic mass is 9.87. The van der Waals surface area contributed by atoms with Crippen LogP contribution in [-0.4, -0.2) is 19.5 Å². The zero-order chi connectivity index (χ0) is 21.9. The molecule has 0 spiro atoms. The largest absolute Gasteiger partial charge is 0.506 e.